The number of halogens is 1. The van der Waals surface area contributed by atoms with E-state index in [1.54, 1.807) is 7.11 Å². The monoisotopic (exact) mass is 322 g/mol. The van der Waals surface area contributed by atoms with Crippen LogP contribution in [0.1, 0.15) is 11.1 Å². The lowest BCUT2D eigenvalue weighted by atomic mass is 10.2. The Morgan fingerprint density at radius 3 is 2.72 bits per heavy atom. The van der Waals surface area contributed by atoms with Crippen LogP contribution in [-0.2, 0) is 5.75 Å². The van der Waals surface area contributed by atoms with Crippen molar-refractivity contribution in [1.29, 1.82) is 0 Å². The molecule has 18 heavy (non-hydrogen) atoms. The van der Waals surface area contributed by atoms with Crippen molar-refractivity contribution in [2.24, 2.45) is 0 Å². The fourth-order valence-corrected chi connectivity index (χ4v) is 3.23. The molecule has 3 heteroatoms. The Balaban J connectivity index is 2.10. The fourth-order valence-electron chi connectivity index (χ4n) is 1.65. The molecule has 0 heterocycles. The third-order valence-electron chi connectivity index (χ3n) is 2.64. The summed E-state index contributed by atoms with van der Waals surface area (Å²) in [4.78, 5) is 1.30. The molecule has 0 spiro atoms. The van der Waals surface area contributed by atoms with Crippen LogP contribution in [0, 0.1) is 6.92 Å². The maximum atomic E-state index is 5.25. The summed E-state index contributed by atoms with van der Waals surface area (Å²) < 4.78 is 6.38. The molecule has 0 aliphatic heterocycles. The maximum Gasteiger partial charge on any atom is 0.119 e. The van der Waals surface area contributed by atoms with Gasteiger partial charge in [-0.15, -0.1) is 11.8 Å². The summed E-state index contributed by atoms with van der Waals surface area (Å²) in [5.74, 6) is 1.83. The van der Waals surface area contributed by atoms with E-state index in [4.69, 9.17) is 4.74 Å². The lowest BCUT2D eigenvalue weighted by molar-refractivity contribution is 0.414. The second kappa shape index (κ2) is 6.30. The summed E-state index contributed by atoms with van der Waals surface area (Å²) in [7, 11) is 1.70. The normalized spacial score (nSPS) is 10.4. The summed E-state index contributed by atoms with van der Waals surface area (Å²) in [5, 5.41) is 0. The highest BCUT2D eigenvalue weighted by atomic mass is 79.9. The van der Waals surface area contributed by atoms with Crippen LogP contribution in [0.25, 0.3) is 0 Å². The number of hydrogen-bond donors (Lipinski definition) is 0. The molecule has 0 unspecified atom stereocenters. The van der Waals surface area contributed by atoms with Gasteiger partial charge >= 0.3 is 0 Å². The van der Waals surface area contributed by atoms with Gasteiger partial charge in [0, 0.05) is 15.1 Å². The van der Waals surface area contributed by atoms with E-state index in [1.807, 2.05) is 23.9 Å². The molecule has 0 aliphatic carbocycles. The second-order valence-corrected chi connectivity index (χ2v) is 5.97. The molecule has 0 saturated heterocycles. The van der Waals surface area contributed by atoms with Crippen molar-refractivity contribution >= 4 is 27.7 Å². The molecule has 2 rings (SSSR count). The molecule has 0 aliphatic rings. The molecule has 2 aromatic carbocycles. The van der Waals surface area contributed by atoms with Crippen LogP contribution in [0.5, 0.6) is 5.75 Å². The number of aryl methyl sites for hydroxylation is 1. The molecule has 0 radical (unpaired) electrons. The van der Waals surface area contributed by atoms with E-state index in [2.05, 4.69) is 53.2 Å². The molecular weight excluding hydrogens is 308 g/mol. The first-order chi connectivity index (χ1) is 8.69. The average molecular weight is 323 g/mol. The van der Waals surface area contributed by atoms with Crippen molar-refractivity contribution in [2.45, 2.75) is 17.6 Å². The molecule has 0 amide bonds. The Bertz CT molecular complexity index is 540. The van der Waals surface area contributed by atoms with Gasteiger partial charge in [-0.2, -0.15) is 0 Å². The number of thioether (sulfide) groups is 1. The SMILES string of the molecule is COc1ccc(Br)c(CSc2cccc(C)c2)c1. The molecule has 0 N–H and O–H groups in total. The molecular formula is C15H15BrOS. The minimum Gasteiger partial charge on any atom is -0.497 e. The van der Waals surface area contributed by atoms with Crippen molar-refractivity contribution in [3.63, 3.8) is 0 Å². The minimum atomic E-state index is 0.901. The van der Waals surface area contributed by atoms with Crippen LogP contribution in [0.15, 0.2) is 51.8 Å². The van der Waals surface area contributed by atoms with Crippen LogP contribution in [0.2, 0.25) is 0 Å². The molecule has 2 aromatic rings. The van der Waals surface area contributed by atoms with E-state index in [0.717, 1.165) is 16.0 Å². The van der Waals surface area contributed by atoms with Crippen LogP contribution in [0.4, 0.5) is 0 Å². The lowest BCUT2D eigenvalue weighted by Gasteiger charge is -2.07. The zero-order chi connectivity index (χ0) is 13.0. The van der Waals surface area contributed by atoms with Crippen LogP contribution < -0.4 is 4.74 Å². The smallest absolute Gasteiger partial charge is 0.119 e. The summed E-state index contributed by atoms with van der Waals surface area (Å²) in [5.41, 5.74) is 2.55. The van der Waals surface area contributed by atoms with E-state index in [0.29, 0.717) is 0 Å². The van der Waals surface area contributed by atoms with Gasteiger partial charge in [0.2, 0.25) is 0 Å². The molecule has 0 atom stereocenters. The minimum absolute atomic E-state index is 0.901. The van der Waals surface area contributed by atoms with Gasteiger partial charge in [0.25, 0.3) is 0 Å². The Hall–Kier alpha value is -0.930. The summed E-state index contributed by atoms with van der Waals surface area (Å²) >= 11 is 5.41. The Morgan fingerprint density at radius 2 is 2.00 bits per heavy atom. The van der Waals surface area contributed by atoms with Crippen LogP contribution in [0.3, 0.4) is 0 Å². The quantitative estimate of drug-likeness (QED) is 0.728. The summed E-state index contributed by atoms with van der Waals surface area (Å²) in [6.45, 7) is 2.12. The predicted octanol–water partition coefficient (Wildman–Crippen LogP) is 5.06. The molecule has 0 saturated carbocycles. The molecule has 0 bridgehead atoms. The standard InChI is InChI=1S/C15H15BrOS/c1-11-4-3-5-14(8-11)18-10-12-9-13(17-2)6-7-15(12)16/h3-9H,10H2,1-2H3. The Kier molecular flexibility index (Phi) is 4.72. The Labute approximate surface area is 121 Å². The third kappa shape index (κ3) is 3.53. The largest absolute Gasteiger partial charge is 0.497 e. The first kappa shape index (κ1) is 13.5. The summed E-state index contributed by atoms with van der Waals surface area (Å²) in [6.07, 6.45) is 0. The van der Waals surface area contributed by atoms with Gasteiger partial charge in [-0.05, 0) is 42.8 Å². The molecule has 0 fully saturated rings. The highest BCUT2D eigenvalue weighted by Crippen LogP contribution is 2.29. The van der Waals surface area contributed by atoms with Gasteiger partial charge in [0.15, 0.2) is 0 Å². The fraction of sp³-hybridized carbons (Fsp3) is 0.200. The number of hydrogen-bond acceptors (Lipinski definition) is 2. The predicted molar refractivity (Wildman–Crippen MR) is 81.4 cm³/mol. The number of rotatable bonds is 4. The highest BCUT2D eigenvalue weighted by molar-refractivity contribution is 9.10. The van der Waals surface area contributed by atoms with E-state index in [9.17, 15) is 0 Å². The van der Waals surface area contributed by atoms with Gasteiger partial charge in [-0.25, -0.2) is 0 Å². The van der Waals surface area contributed by atoms with E-state index in [1.165, 1.54) is 16.0 Å². The highest BCUT2D eigenvalue weighted by Gasteiger charge is 2.03. The van der Waals surface area contributed by atoms with Gasteiger partial charge in [-0.3, -0.25) is 0 Å². The maximum absolute atomic E-state index is 5.25. The zero-order valence-electron chi connectivity index (χ0n) is 10.4. The number of ether oxygens (including phenoxy) is 1. The second-order valence-electron chi connectivity index (χ2n) is 4.06. The summed E-state index contributed by atoms with van der Waals surface area (Å²) in [6, 6.07) is 14.6. The van der Waals surface area contributed by atoms with Gasteiger partial charge in [0.05, 0.1) is 7.11 Å². The van der Waals surface area contributed by atoms with E-state index >= 15 is 0 Å². The van der Waals surface area contributed by atoms with Crippen LogP contribution >= 0.6 is 27.7 Å². The third-order valence-corrected chi connectivity index (χ3v) is 4.45. The zero-order valence-corrected chi connectivity index (χ0v) is 12.8. The van der Waals surface area contributed by atoms with Crippen molar-refractivity contribution in [1.82, 2.24) is 0 Å². The van der Waals surface area contributed by atoms with E-state index < -0.39 is 0 Å². The van der Waals surface area contributed by atoms with E-state index in [-0.39, 0.29) is 0 Å². The van der Waals surface area contributed by atoms with Crippen molar-refractivity contribution in [3.05, 3.63) is 58.1 Å². The van der Waals surface area contributed by atoms with Crippen molar-refractivity contribution in [3.8, 4) is 5.75 Å². The van der Waals surface area contributed by atoms with Gasteiger partial charge < -0.3 is 4.74 Å². The lowest BCUT2D eigenvalue weighted by Crippen LogP contribution is -1.87. The average Bonchev–Trinajstić information content (AvgIpc) is 2.38. The van der Waals surface area contributed by atoms with Gasteiger partial charge in [-0.1, -0.05) is 33.6 Å². The van der Waals surface area contributed by atoms with Crippen LogP contribution in [-0.4, -0.2) is 7.11 Å². The molecule has 1 nitrogen and oxygen atoms in total. The van der Waals surface area contributed by atoms with Crippen molar-refractivity contribution in [2.75, 3.05) is 7.11 Å². The Morgan fingerprint density at radius 1 is 1.17 bits per heavy atom. The molecule has 0 aromatic heterocycles. The first-order valence-electron chi connectivity index (χ1n) is 5.71. The van der Waals surface area contributed by atoms with Gasteiger partial charge in [0.1, 0.15) is 5.75 Å². The number of methoxy groups -OCH3 is 1. The van der Waals surface area contributed by atoms with Crippen molar-refractivity contribution < 1.29 is 4.74 Å². The topological polar surface area (TPSA) is 9.23 Å². The molecule has 94 valence electrons. The number of benzene rings is 2. The first-order valence-corrected chi connectivity index (χ1v) is 7.49.